The van der Waals surface area contributed by atoms with Crippen LogP contribution in [-0.4, -0.2) is 36.5 Å². The van der Waals surface area contributed by atoms with Gasteiger partial charge < -0.3 is 9.47 Å². The first-order chi connectivity index (χ1) is 15.8. The molecule has 2 aromatic carbocycles. The van der Waals surface area contributed by atoms with E-state index in [1.165, 1.54) is 31.4 Å². The maximum Gasteiger partial charge on any atom is 0.335 e. The van der Waals surface area contributed by atoms with Gasteiger partial charge in [-0.05, 0) is 43.2 Å². The zero-order valence-corrected chi connectivity index (χ0v) is 18.0. The van der Waals surface area contributed by atoms with Crippen LogP contribution in [0.2, 0.25) is 0 Å². The van der Waals surface area contributed by atoms with Gasteiger partial charge in [0.2, 0.25) is 0 Å². The first-order valence-electron chi connectivity index (χ1n) is 9.91. The highest BCUT2D eigenvalue weighted by Crippen LogP contribution is 2.35. The molecule has 0 aromatic heterocycles. The first kappa shape index (κ1) is 23.2. The van der Waals surface area contributed by atoms with Crippen LogP contribution in [0.5, 0.6) is 11.5 Å². The van der Waals surface area contributed by atoms with E-state index in [1.54, 1.807) is 25.1 Å². The molecule has 0 radical (unpaired) electrons. The molecule has 0 bridgehead atoms. The third-order valence-corrected chi connectivity index (χ3v) is 4.73. The van der Waals surface area contributed by atoms with Gasteiger partial charge in [0.15, 0.2) is 11.5 Å². The van der Waals surface area contributed by atoms with Crippen LogP contribution in [-0.2, 0) is 16.0 Å². The fraction of sp³-hybridized carbons (Fsp3) is 0.174. The van der Waals surface area contributed by atoms with Gasteiger partial charge in [-0.15, -0.1) is 6.58 Å². The van der Waals surface area contributed by atoms with Gasteiger partial charge in [-0.3, -0.25) is 25.0 Å². The van der Waals surface area contributed by atoms with Crippen molar-refractivity contribution in [1.29, 1.82) is 0 Å². The molecule has 0 unspecified atom stereocenters. The SMILES string of the molecule is C=CCc1cc(/C=C2\C(=O)NC(=O)N(c3cccc([N+](=O)[O-])c3)C2=O)cc(OCC)c1OC. The average molecular weight is 451 g/mol. The van der Waals surface area contributed by atoms with Crippen LogP contribution in [0, 0.1) is 10.1 Å². The second-order valence-corrected chi connectivity index (χ2v) is 6.87. The number of anilines is 1. The molecule has 0 saturated carbocycles. The minimum atomic E-state index is -1.00. The van der Waals surface area contributed by atoms with E-state index >= 15 is 0 Å². The molecule has 10 heteroatoms. The summed E-state index contributed by atoms with van der Waals surface area (Å²) >= 11 is 0. The highest BCUT2D eigenvalue weighted by molar-refractivity contribution is 6.39. The van der Waals surface area contributed by atoms with E-state index in [1.807, 2.05) is 0 Å². The molecule has 1 N–H and O–H groups in total. The summed E-state index contributed by atoms with van der Waals surface area (Å²) in [6.07, 6.45) is 3.44. The molecule has 4 amide bonds. The van der Waals surface area contributed by atoms with Crippen LogP contribution >= 0.6 is 0 Å². The number of imide groups is 2. The number of nitrogens with one attached hydrogen (secondary N) is 1. The van der Waals surface area contributed by atoms with Crippen molar-refractivity contribution < 1.29 is 28.8 Å². The van der Waals surface area contributed by atoms with Crippen molar-refractivity contribution in [1.82, 2.24) is 5.32 Å². The Morgan fingerprint density at radius 1 is 1.21 bits per heavy atom. The number of hydrogen-bond acceptors (Lipinski definition) is 7. The van der Waals surface area contributed by atoms with Gasteiger partial charge in [-0.2, -0.15) is 0 Å². The summed E-state index contributed by atoms with van der Waals surface area (Å²) < 4.78 is 11.1. The Labute approximate surface area is 189 Å². The third-order valence-electron chi connectivity index (χ3n) is 4.73. The minimum absolute atomic E-state index is 0.0396. The monoisotopic (exact) mass is 451 g/mol. The fourth-order valence-corrected chi connectivity index (χ4v) is 3.37. The zero-order chi connectivity index (χ0) is 24.1. The van der Waals surface area contributed by atoms with Crippen molar-refractivity contribution in [2.45, 2.75) is 13.3 Å². The number of non-ortho nitro benzene ring substituents is 1. The number of amides is 4. The molecule has 3 rings (SSSR count). The van der Waals surface area contributed by atoms with Crippen LogP contribution in [0.15, 0.2) is 54.6 Å². The molecule has 1 aliphatic heterocycles. The lowest BCUT2D eigenvalue weighted by molar-refractivity contribution is -0.384. The highest BCUT2D eigenvalue weighted by atomic mass is 16.6. The minimum Gasteiger partial charge on any atom is -0.493 e. The summed E-state index contributed by atoms with van der Waals surface area (Å²) in [6, 6.07) is 7.33. The molecular weight excluding hydrogens is 430 g/mol. The number of allylic oxidation sites excluding steroid dienone is 1. The largest absolute Gasteiger partial charge is 0.493 e. The number of hydrogen-bond donors (Lipinski definition) is 1. The lowest BCUT2D eigenvalue weighted by Crippen LogP contribution is -2.54. The number of benzene rings is 2. The second kappa shape index (κ2) is 9.77. The van der Waals surface area contributed by atoms with Crippen LogP contribution in [0.4, 0.5) is 16.2 Å². The fourth-order valence-electron chi connectivity index (χ4n) is 3.37. The molecule has 1 fully saturated rings. The summed E-state index contributed by atoms with van der Waals surface area (Å²) in [7, 11) is 1.50. The summed E-state index contributed by atoms with van der Waals surface area (Å²) in [4.78, 5) is 49.1. The summed E-state index contributed by atoms with van der Waals surface area (Å²) in [5, 5.41) is 13.2. The Hall–Kier alpha value is -4.47. The topological polar surface area (TPSA) is 128 Å². The van der Waals surface area contributed by atoms with Gasteiger partial charge in [0.05, 0.1) is 24.3 Å². The number of ether oxygens (including phenoxy) is 2. The van der Waals surface area contributed by atoms with Gasteiger partial charge in [0.1, 0.15) is 5.57 Å². The van der Waals surface area contributed by atoms with E-state index in [0.717, 1.165) is 11.6 Å². The Morgan fingerprint density at radius 3 is 2.61 bits per heavy atom. The number of rotatable bonds is 8. The van der Waals surface area contributed by atoms with Gasteiger partial charge in [0.25, 0.3) is 17.5 Å². The van der Waals surface area contributed by atoms with Crippen molar-refractivity contribution >= 4 is 35.3 Å². The third kappa shape index (κ3) is 4.74. The zero-order valence-electron chi connectivity index (χ0n) is 18.0. The molecule has 0 spiro atoms. The number of carbonyl (C=O) groups is 3. The molecular formula is C23H21N3O7. The Bertz CT molecular complexity index is 1190. The highest BCUT2D eigenvalue weighted by Gasteiger charge is 2.37. The van der Waals surface area contributed by atoms with Crippen LogP contribution in [0.1, 0.15) is 18.1 Å². The standard InChI is InChI=1S/C23H21N3O7/c1-4-7-15-10-14(12-19(33-5-2)20(15)32-3)11-18-21(27)24-23(29)25(22(18)28)16-8-6-9-17(13-16)26(30)31/h4,6,8-13H,1,5,7H2,2-3H3,(H,24,27,29)/b18-11+. The van der Waals surface area contributed by atoms with Crippen LogP contribution in [0.25, 0.3) is 6.08 Å². The van der Waals surface area contributed by atoms with Crippen molar-refractivity contribution in [3.63, 3.8) is 0 Å². The molecule has 1 saturated heterocycles. The molecule has 2 aromatic rings. The van der Waals surface area contributed by atoms with Crippen molar-refractivity contribution in [3.05, 3.63) is 75.9 Å². The molecule has 33 heavy (non-hydrogen) atoms. The van der Waals surface area contributed by atoms with E-state index in [4.69, 9.17) is 9.47 Å². The van der Waals surface area contributed by atoms with E-state index in [-0.39, 0.29) is 16.9 Å². The van der Waals surface area contributed by atoms with E-state index < -0.39 is 22.8 Å². The predicted molar refractivity (Wildman–Crippen MR) is 120 cm³/mol. The maximum atomic E-state index is 13.1. The summed E-state index contributed by atoms with van der Waals surface area (Å²) in [5.74, 6) is -0.873. The number of nitro groups is 1. The van der Waals surface area contributed by atoms with Crippen molar-refractivity contribution in [2.24, 2.45) is 0 Å². The average Bonchev–Trinajstić information content (AvgIpc) is 2.77. The number of nitro benzene ring substituents is 1. The normalized spacial score (nSPS) is 14.8. The number of urea groups is 1. The van der Waals surface area contributed by atoms with Crippen molar-refractivity contribution in [2.75, 3.05) is 18.6 Å². The molecule has 170 valence electrons. The maximum absolute atomic E-state index is 13.1. The Kier molecular flexibility index (Phi) is 6.87. The quantitative estimate of drug-likeness (QED) is 0.214. The molecule has 1 aliphatic rings. The first-order valence-corrected chi connectivity index (χ1v) is 9.91. The summed E-state index contributed by atoms with van der Waals surface area (Å²) in [5.41, 5.74) is 0.519. The number of barbiturate groups is 1. The van der Waals surface area contributed by atoms with E-state index in [0.29, 0.717) is 35.0 Å². The number of carbonyl (C=O) groups excluding carboxylic acids is 3. The van der Waals surface area contributed by atoms with Gasteiger partial charge >= 0.3 is 6.03 Å². The predicted octanol–water partition coefficient (Wildman–Crippen LogP) is 3.40. The van der Waals surface area contributed by atoms with E-state index in [2.05, 4.69) is 11.9 Å². The van der Waals surface area contributed by atoms with Gasteiger partial charge in [0, 0.05) is 17.7 Å². The molecule has 0 atom stereocenters. The van der Waals surface area contributed by atoms with E-state index in [9.17, 15) is 24.5 Å². The lowest BCUT2D eigenvalue weighted by atomic mass is 10.0. The Morgan fingerprint density at radius 2 is 1.97 bits per heavy atom. The van der Waals surface area contributed by atoms with Gasteiger partial charge in [-0.1, -0.05) is 12.1 Å². The van der Waals surface area contributed by atoms with Crippen molar-refractivity contribution in [3.8, 4) is 11.5 Å². The Balaban J connectivity index is 2.09. The smallest absolute Gasteiger partial charge is 0.335 e. The van der Waals surface area contributed by atoms with Gasteiger partial charge in [-0.25, -0.2) is 9.69 Å². The molecule has 0 aliphatic carbocycles. The second-order valence-electron chi connectivity index (χ2n) is 6.87. The number of methoxy groups -OCH3 is 1. The molecule has 10 nitrogen and oxygen atoms in total. The van der Waals surface area contributed by atoms with Crippen LogP contribution < -0.4 is 19.7 Å². The molecule has 1 heterocycles. The lowest BCUT2D eigenvalue weighted by Gasteiger charge is -2.26. The number of nitrogens with zero attached hydrogens (tertiary/aromatic N) is 2. The summed E-state index contributed by atoms with van der Waals surface area (Å²) in [6.45, 7) is 5.89. The van der Waals surface area contributed by atoms with Crippen LogP contribution in [0.3, 0.4) is 0 Å².